The van der Waals surface area contributed by atoms with Gasteiger partial charge in [0.2, 0.25) is 0 Å². The zero-order chi connectivity index (χ0) is 17.6. The Morgan fingerprint density at radius 2 is 1.85 bits per heavy atom. The minimum absolute atomic E-state index is 0. The summed E-state index contributed by atoms with van der Waals surface area (Å²) < 4.78 is 5.74. The summed E-state index contributed by atoms with van der Waals surface area (Å²) in [6.07, 6.45) is 4.15. The van der Waals surface area contributed by atoms with E-state index in [4.69, 9.17) is 4.74 Å². The molecule has 0 spiro atoms. The first-order chi connectivity index (χ1) is 12.1. The number of carbonyl (C=O) groups is 2. The van der Waals surface area contributed by atoms with E-state index in [2.05, 4.69) is 23.3 Å². The van der Waals surface area contributed by atoms with Crippen LogP contribution in [0.5, 0.6) is 5.75 Å². The van der Waals surface area contributed by atoms with Crippen LogP contribution in [0.1, 0.15) is 23.7 Å². The molecular weight excluding hydrogens is 375 g/mol. The summed E-state index contributed by atoms with van der Waals surface area (Å²) in [4.78, 5) is 27.1. The molecule has 26 heavy (non-hydrogen) atoms. The van der Waals surface area contributed by atoms with Gasteiger partial charge in [-0.2, -0.15) is 0 Å². The summed E-state index contributed by atoms with van der Waals surface area (Å²) in [5.74, 6) is 0.442. The number of ether oxygens (including phenoxy) is 1. The molecule has 130 valence electrons. The first kappa shape index (κ1) is 21.6. The second-order valence-corrected chi connectivity index (χ2v) is 6.93. The standard InChI is InChI=1S/C19H20N2O3S.K/c1-2-13-3-6-15(20-12-13)9-10-24-16-7-4-14(5-8-16)11-17-18(22)21-19(23)25-17;/h3-8,12,17H,2,9-11H2,1H3,(H,21,22,23);/q;+1/p-1/t17-;/m1./s1. The Labute approximate surface area is 200 Å². The molecule has 0 N–H and O–H groups in total. The minimum Gasteiger partial charge on any atom is -0.585 e. The van der Waals surface area contributed by atoms with Crippen molar-refractivity contribution in [2.75, 3.05) is 6.61 Å². The average Bonchev–Trinajstić information content (AvgIpc) is 2.94. The predicted molar refractivity (Wildman–Crippen MR) is 98.1 cm³/mol. The monoisotopic (exact) mass is 394 g/mol. The van der Waals surface area contributed by atoms with Gasteiger partial charge in [-0.15, -0.1) is 0 Å². The van der Waals surface area contributed by atoms with Crippen LogP contribution in [0.25, 0.3) is 5.32 Å². The maximum atomic E-state index is 11.5. The van der Waals surface area contributed by atoms with E-state index in [-0.39, 0.29) is 57.3 Å². The predicted octanol–water partition coefficient (Wildman–Crippen LogP) is 0.948. The Bertz CT molecular complexity index is 750. The van der Waals surface area contributed by atoms with Crippen molar-refractivity contribution in [3.8, 4) is 5.75 Å². The number of pyridine rings is 1. The smallest absolute Gasteiger partial charge is 0.585 e. The molecule has 1 aromatic heterocycles. The Kier molecular flexibility index (Phi) is 8.79. The molecule has 2 amide bonds. The van der Waals surface area contributed by atoms with Crippen LogP contribution >= 0.6 is 11.8 Å². The van der Waals surface area contributed by atoms with Crippen molar-refractivity contribution in [2.45, 2.75) is 31.4 Å². The molecule has 1 atom stereocenters. The molecule has 1 fully saturated rings. The molecule has 7 heteroatoms. The topological polar surface area (TPSA) is 70.4 Å². The van der Waals surface area contributed by atoms with E-state index in [0.29, 0.717) is 13.0 Å². The van der Waals surface area contributed by atoms with Crippen LogP contribution < -0.4 is 56.1 Å². The quantitative estimate of drug-likeness (QED) is 0.654. The maximum absolute atomic E-state index is 11.5. The largest absolute Gasteiger partial charge is 1.00 e. The molecule has 1 aliphatic heterocycles. The third-order valence-electron chi connectivity index (χ3n) is 3.99. The summed E-state index contributed by atoms with van der Waals surface area (Å²) in [6, 6.07) is 11.7. The van der Waals surface area contributed by atoms with Crippen molar-refractivity contribution in [2.24, 2.45) is 0 Å². The van der Waals surface area contributed by atoms with E-state index in [1.807, 2.05) is 36.5 Å². The Morgan fingerprint density at radius 1 is 1.12 bits per heavy atom. The summed E-state index contributed by atoms with van der Waals surface area (Å²) in [5.41, 5.74) is 3.23. The number of hydrogen-bond donors (Lipinski definition) is 0. The fourth-order valence-corrected chi connectivity index (χ4v) is 3.33. The number of amides is 2. The van der Waals surface area contributed by atoms with Crippen LogP contribution in [0, 0.1) is 0 Å². The van der Waals surface area contributed by atoms with Gasteiger partial charge in [0.05, 0.1) is 17.8 Å². The van der Waals surface area contributed by atoms with Crippen LogP contribution in [-0.2, 0) is 24.1 Å². The van der Waals surface area contributed by atoms with E-state index >= 15 is 0 Å². The number of rotatable bonds is 7. The van der Waals surface area contributed by atoms with E-state index in [0.717, 1.165) is 41.6 Å². The Balaban J connectivity index is 0.00000243. The Hall–Kier alpha value is -0.704. The van der Waals surface area contributed by atoms with Crippen LogP contribution in [0.3, 0.4) is 0 Å². The van der Waals surface area contributed by atoms with Crippen LogP contribution in [0.4, 0.5) is 4.79 Å². The fraction of sp³-hybridized carbons (Fsp3) is 0.316. The van der Waals surface area contributed by atoms with Gasteiger partial charge in [0.15, 0.2) is 0 Å². The summed E-state index contributed by atoms with van der Waals surface area (Å²) in [6.45, 7) is 2.67. The van der Waals surface area contributed by atoms with Gasteiger partial charge in [-0.05, 0) is 42.2 Å². The minimum atomic E-state index is -0.393. The number of aromatic nitrogens is 1. The van der Waals surface area contributed by atoms with Gasteiger partial charge in [-0.25, -0.2) is 0 Å². The number of aryl methyl sites for hydroxylation is 1. The third-order valence-corrected chi connectivity index (χ3v) is 4.93. The van der Waals surface area contributed by atoms with Gasteiger partial charge in [0.1, 0.15) is 11.0 Å². The van der Waals surface area contributed by atoms with Crippen molar-refractivity contribution >= 4 is 22.9 Å². The molecular formula is C19H19KN2O3S. The molecule has 0 bridgehead atoms. The van der Waals surface area contributed by atoms with Crippen molar-refractivity contribution in [3.63, 3.8) is 0 Å². The number of benzene rings is 1. The zero-order valence-corrected chi connectivity index (χ0v) is 18.9. The molecule has 5 nitrogen and oxygen atoms in total. The second kappa shape index (κ2) is 10.6. The van der Waals surface area contributed by atoms with Gasteiger partial charge in [-0.3, -0.25) is 4.98 Å². The molecule has 1 aliphatic rings. The van der Waals surface area contributed by atoms with E-state index in [1.54, 1.807) is 0 Å². The first-order valence-electron chi connectivity index (χ1n) is 8.26. The maximum Gasteiger partial charge on any atom is 1.00 e. The van der Waals surface area contributed by atoms with Gasteiger partial charge in [0.25, 0.3) is 0 Å². The third kappa shape index (κ3) is 6.18. The molecule has 0 saturated carbocycles. The summed E-state index contributed by atoms with van der Waals surface area (Å²) in [5, 5.41) is 2.63. The van der Waals surface area contributed by atoms with Crippen molar-refractivity contribution < 1.29 is 65.7 Å². The van der Waals surface area contributed by atoms with Crippen molar-refractivity contribution in [3.05, 3.63) is 64.7 Å². The van der Waals surface area contributed by atoms with Crippen LogP contribution in [-0.4, -0.2) is 28.0 Å². The fourth-order valence-electron chi connectivity index (χ4n) is 2.51. The number of nitrogens with zero attached hydrogens (tertiary/aromatic N) is 2. The molecule has 1 aromatic carbocycles. The normalized spacial score (nSPS) is 16.1. The van der Waals surface area contributed by atoms with Crippen LogP contribution in [0.15, 0.2) is 42.6 Å². The number of hydrogen-bond acceptors (Lipinski definition) is 5. The second-order valence-electron chi connectivity index (χ2n) is 5.78. The Morgan fingerprint density at radius 3 is 2.42 bits per heavy atom. The molecule has 0 aliphatic carbocycles. The molecule has 2 aromatic rings. The van der Waals surface area contributed by atoms with Gasteiger partial charge >= 0.3 is 51.4 Å². The van der Waals surface area contributed by atoms with E-state index < -0.39 is 10.5 Å². The number of thioether (sulfide) groups is 1. The van der Waals surface area contributed by atoms with Gasteiger partial charge < -0.3 is 19.6 Å². The van der Waals surface area contributed by atoms with E-state index in [9.17, 15) is 9.59 Å². The molecule has 0 unspecified atom stereocenters. The molecule has 1 saturated heterocycles. The SMILES string of the molecule is CCc1ccc(CCOc2ccc(C[C@H]3SC(=O)[N-]C3=O)cc2)nc1.[K+]. The zero-order valence-electron chi connectivity index (χ0n) is 15.0. The van der Waals surface area contributed by atoms with Crippen LogP contribution in [0.2, 0.25) is 0 Å². The van der Waals surface area contributed by atoms with Gasteiger partial charge in [-0.1, -0.05) is 36.9 Å². The first-order valence-corrected chi connectivity index (χ1v) is 9.13. The van der Waals surface area contributed by atoms with Gasteiger partial charge in [0, 0.05) is 18.3 Å². The van der Waals surface area contributed by atoms with Crippen molar-refractivity contribution in [1.82, 2.24) is 4.98 Å². The summed E-state index contributed by atoms with van der Waals surface area (Å²) in [7, 11) is 0. The van der Waals surface area contributed by atoms with Crippen molar-refractivity contribution in [1.29, 1.82) is 0 Å². The summed E-state index contributed by atoms with van der Waals surface area (Å²) >= 11 is 0.993. The molecule has 2 heterocycles. The average molecular weight is 395 g/mol. The molecule has 3 rings (SSSR count). The number of carbonyl (C=O) groups excluding carboxylic acids is 2. The van der Waals surface area contributed by atoms with E-state index in [1.165, 1.54) is 5.56 Å². The number of imide groups is 1. The molecule has 0 radical (unpaired) electrons.